The number of piperidine rings is 1. The first-order valence-electron chi connectivity index (χ1n) is 7.92. The number of hydrogen-bond acceptors (Lipinski definition) is 5. The third-order valence-corrected chi connectivity index (χ3v) is 4.75. The molecule has 0 unspecified atom stereocenters. The van der Waals surface area contributed by atoms with E-state index in [-0.39, 0.29) is 5.13 Å². The van der Waals surface area contributed by atoms with Gasteiger partial charge in [0, 0.05) is 25.2 Å². The molecule has 0 aliphatic carbocycles. The molecule has 0 atom stereocenters. The van der Waals surface area contributed by atoms with Crippen LogP contribution in [-0.4, -0.2) is 38.7 Å². The Hall–Kier alpha value is -1.94. The molecule has 3 rings (SSSR count). The summed E-state index contributed by atoms with van der Waals surface area (Å²) >= 11 is 1.20. The van der Waals surface area contributed by atoms with Crippen LogP contribution in [0.3, 0.4) is 0 Å². The van der Waals surface area contributed by atoms with Crippen LogP contribution < -0.4 is 5.32 Å². The number of anilines is 1. The molecule has 136 valence electrons. The van der Waals surface area contributed by atoms with Gasteiger partial charge in [-0.05, 0) is 25.9 Å². The number of nitrogens with zero attached hydrogens (tertiary/aromatic N) is 4. The Morgan fingerprint density at radius 2 is 2.04 bits per heavy atom. The van der Waals surface area contributed by atoms with Crippen molar-refractivity contribution >= 4 is 22.4 Å². The number of hydrogen-bond donors (Lipinski definition) is 1. The molecule has 1 aliphatic rings. The highest BCUT2D eigenvalue weighted by Gasteiger charge is 2.39. The Labute approximate surface area is 146 Å². The van der Waals surface area contributed by atoms with Crippen LogP contribution in [0.1, 0.15) is 41.0 Å². The molecule has 0 spiro atoms. The second-order valence-electron chi connectivity index (χ2n) is 6.00. The number of nitrogens with one attached hydrogen (secondary N) is 1. The van der Waals surface area contributed by atoms with E-state index in [1.165, 1.54) is 24.8 Å². The first kappa shape index (κ1) is 17.9. The predicted octanol–water partition coefficient (Wildman–Crippen LogP) is 3.13. The van der Waals surface area contributed by atoms with Gasteiger partial charge in [-0.25, -0.2) is 4.98 Å². The van der Waals surface area contributed by atoms with Crippen molar-refractivity contribution in [2.45, 2.75) is 32.0 Å². The standard InChI is InChI=1S/C15H18F3N5OS/c1-22-8-11(12(21-22)15(16,17)18)13(24)20-14-19-10(9-25-14)7-23-5-3-2-4-6-23/h8-9H,2-7H2,1H3,(H,19,20,24). The van der Waals surface area contributed by atoms with Gasteiger partial charge in [-0.3, -0.25) is 19.7 Å². The van der Waals surface area contributed by atoms with Crippen LogP contribution in [-0.2, 0) is 19.8 Å². The molecule has 6 nitrogen and oxygen atoms in total. The molecule has 2 aromatic heterocycles. The Kier molecular flexibility index (Phi) is 5.09. The molecule has 1 fully saturated rings. The number of carbonyl (C=O) groups is 1. The van der Waals surface area contributed by atoms with Gasteiger partial charge in [0.05, 0.1) is 11.3 Å². The molecule has 1 N–H and O–H groups in total. The highest BCUT2D eigenvalue weighted by molar-refractivity contribution is 7.13. The number of aryl methyl sites for hydroxylation is 1. The lowest BCUT2D eigenvalue weighted by molar-refractivity contribution is -0.141. The number of carbonyl (C=O) groups excluding carboxylic acids is 1. The number of aromatic nitrogens is 3. The summed E-state index contributed by atoms with van der Waals surface area (Å²) in [5, 5.41) is 7.88. The Morgan fingerprint density at radius 1 is 1.32 bits per heavy atom. The van der Waals surface area contributed by atoms with Crippen LogP contribution >= 0.6 is 11.3 Å². The molecule has 3 heterocycles. The second-order valence-corrected chi connectivity index (χ2v) is 6.86. The SMILES string of the molecule is Cn1cc(C(=O)Nc2nc(CN3CCCCC3)cs2)c(C(F)(F)F)n1. The summed E-state index contributed by atoms with van der Waals surface area (Å²) in [4.78, 5) is 18.8. The third-order valence-electron chi connectivity index (χ3n) is 3.95. The van der Waals surface area contributed by atoms with Gasteiger partial charge in [-0.15, -0.1) is 11.3 Å². The van der Waals surface area contributed by atoms with Crippen LogP contribution in [0.15, 0.2) is 11.6 Å². The number of alkyl halides is 3. The van der Waals surface area contributed by atoms with Gasteiger partial charge in [0.25, 0.3) is 5.91 Å². The predicted molar refractivity (Wildman–Crippen MR) is 87.4 cm³/mol. The zero-order chi connectivity index (χ0) is 18.0. The van der Waals surface area contributed by atoms with Crippen LogP contribution in [0.4, 0.5) is 18.3 Å². The van der Waals surface area contributed by atoms with E-state index >= 15 is 0 Å². The van der Waals surface area contributed by atoms with E-state index in [1.807, 2.05) is 5.38 Å². The van der Waals surface area contributed by atoms with Crippen molar-refractivity contribution < 1.29 is 18.0 Å². The average Bonchev–Trinajstić information content (AvgIpc) is 3.14. The van der Waals surface area contributed by atoms with E-state index in [2.05, 4.69) is 20.3 Å². The molecule has 10 heteroatoms. The normalized spacial score (nSPS) is 16.2. The van der Waals surface area contributed by atoms with E-state index in [4.69, 9.17) is 0 Å². The molecule has 2 aromatic rings. The van der Waals surface area contributed by atoms with Gasteiger partial charge in [-0.2, -0.15) is 18.3 Å². The quantitative estimate of drug-likeness (QED) is 0.894. The third kappa shape index (κ3) is 4.37. The lowest BCUT2D eigenvalue weighted by Gasteiger charge is -2.25. The Morgan fingerprint density at radius 3 is 2.72 bits per heavy atom. The molecular formula is C15H18F3N5OS. The number of thiazole rings is 1. The average molecular weight is 373 g/mol. The van der Waals surface area contributed by atoms with Crippen molar-refractivity contribution in [1.82, 2.24) is 19.7 Å². The zero-order valence-electron chi connectivity index (χ0n) is 13.6. The van der Waals surface area contributed by atoms with Crippen molar-refractivity contribution in [3.8, 4) is 0 Å². The minimum atomic E-state index is -4.68. The molecule has 0 radical (unpaired) electrons. The number of amides is 1. The fourth-order valence-electron chi connectivity index (χ4n) is 2.81. The van der Waals surface area contributed by atoms with Gasteiger partial charge in [-0.1, -0.05) is 6.42 Å². The highest BCUT2D eigenvalue weighted by atomic mass is 32.1. The van der Waals surface area contributed by atoms with Crippen LogP contribution in [0.25, 0.3) is 0 Å². The molecular weight excluding hydrogens is 355 g/mol. The smallest absolute Gasteiger partial charge is 0.298 e. The summed E-state index contributed by atoms with van der Waals surface area (Å²) in [6, 6.07) is 0. The van der Waals surface area contributed by atoms with Gasteiger partial charge in [0.2, 0.25) is 0 Å². The zero-order valence-corrected chi connectivity index (χ0v) is 14.5. The topological polar surface area (TPSA) is 63.1 Å². The highest BCUT2D eigenvalue weighted by Crippen LogP contribution is 2.31. The van der Waals surface area contributed by atoms with Crippen LogP contribution in [0.2, 0.25) is 0 Å². The summed E-state index contributed by atoms with van der Waals surface area (Å²) in [6.07, 6.45) is -0.0674. The maximum atomic E-state index is 13.0. The largest absolute Gasteiger partial charge is 0.435 e. The van der Waals surface area contributed by atoms with Crippen molar-refractivity contribution in [2.24, 2.45) is 7.05 Å². The van der Waals surface area contributed by atoms with E-state index in [0.717, 1.165) is 42.5 Å². The van der Waals surface area contributed by atoms with E-state index in [0.29, 0.717) is 6.54 Å². The fraction of sp³-hybridized carbons (Fsp3) is 0.533. The van der Waals surface area contributed by atoms with E-state index < -0.39 is 23.3 Å². The minimum Gasteiger partial charge on any atom is -0.298 e. The fourth-order valence-corrected chi connectivity index (χ4v) is 3.51. The lowest BCUT2D eigenvalue weighted by Crippen LogP contribution is -2.29. The summed E-state index contributed by atoms with van der Waals surface area (Å²) in [6.45, 7) is 2.72. The molecule has 1 amide bonds. The van der Waals surface area contributed by atoms with Gasteiger partial charge >= 0.3 is 6.18 Å². The minimum absolute atomic E-state index is 0.286. The molecule has 1 aliphatic heterocycles. The van der Waals surface area contributed by atoms with E-state index in [9.17, 15) is 18.0 Å². The number of rotatable bonds is 4. The van der Waals surface area contributed by atoms with Crippen molar-refractivity contribution in [3.63, 3.8) is 0 Å². The van der Waals surface area contributed by atoms with E-state index in [1.54, 1.807) is 0 Å². The van der Waals surface area contributed by atoms with Crippen LogP contribution in [0, 0.1) is 0 Å². The second kappa shape index (κ2) is 7.12. The first-order chi connectivity index (χ1) is 11.8. The molecule has 25 heavy (non-hydrogen) atoms. The summed E-state index contributed by atoms with van der Waals surface area (Å²) in [7, 11) is 1.34. The molecule has 0 aromatic carbocycles. The molecule has 0 saturated carbocycles. The molecule has 0 bridgehead atoms. The number of halogens is 3. The van der Waals surface area contributed by atoms with Gasteiger partial charge in [0.1, 0.15) is 0 Å². The Bertz CT molecular complexity index is 749. The summed E-state index contributed by atoms with van der Waals surface area (Å²) in [5.41, 5.74) is -0.898. The van der Waals surface area contributed by atoms with Crippen molar-refractivity contribution in [3.05, 3.63) is 28.5 Å². The lowest BCUT2D eigenvalue weighted by atomic mass is 10.1. The maximum Gasteiger partial charge on any atom is 0.435 e. The number of likely N-dealkylation sites (tertiary alicyclic amines) is 1. The van der Waals surface area contributed by atoms with Crippen LogP contribution in [0.5, 0.6) is 0 Å². The monoisotopic (exact) mass is 373 g/mol. The van der Waals surface area contributed by atoms with Gasteiger partial charge in [0.15, 0.2) is 10.8 Å². The summed E-state index contributed by atoms with van der Waals surface area (Å²) < 4.78 is 39.8. The molecule has 1 saturated heterocycles. The maximum absolute atomic E-state index is 13.0. The van der Waals surface area contributed by atoms with Gasteiger partial charge < -0.3 is 0 Å². The summed E-state index contributed by atoms with van der Waals surface area (Å²) in [5.74, 6) is -0.862. The Balaban J connectivity index is 1.68. The van der Waals surface area contributed by atoms with Crippen molar-refractivity contribution in [1.29, 1.82) is 0 Å². The first-order valence-corrected chi connectivity index (χ1v) is 8.80. The van der Waals surface area contributed by atoms with Crippen molar-refractivity contribution in [2.75, 3.05) is 18.4 Å².